The second-order valence-corrected chi connectivity index (χ2v) is 9.37. The molecule has 1 fully saturated rings. The number of ether oxygens (including phenoxy) is 1. The Kier molecular flexibility index (Phi) is 6.08. The van der Waals surface area contributed by atoms with Gasteiger partial charge >= 0.3 is 6.18 Å². The summed E-state index contributed by atoms with van der Waals surface area (Å²) in [7, 11) is -3.64. The topological polar surface area (TPSA) is 75.7 Å². The van der Waals surface area contributed by atoms with Crippen molar-refractivity contribution in [1.82, 2.24) is 4.31 Å². The first-order chi connectivity index (χ1) is 13.2. The van der Waals surface area contributed by atoms with Crippen LogP contribution in [0.2, 0.25) is 0 Å². The molecule has 0 radical (unpaired) electrons. The molecule has 1 aliphatic rings. The molecule has 28 heavy (non-hydrogen) atoms. The number of nitrogens with one attached hydrogen (secondary N) is 1. The predicted molar refractivity (Wildman–Crippen MR) is 97.7 cm³/mol. The number of halogens is 3. The van der Waals surface area contributed by atoms with E-state index in [1.165, 1.54) is 28.6 Å². The minimum absolute atomic E-state index is 0.0255. The monoisotopic (exact) mass is 434 g/mol. The van der Waals surface area contributed by atoms with Crippen LogP contribution in [0.1, 0.15) is 10.4 Å². The largest absolute Gasteiger partial charge is 0.416 e. The molecule has 2 aromatic rings. The van der Waals surface area contributed by atoms with E-state index in [1.54, 1.807) is 0 Å². The molecule has 1 aromatic heterocycles. The lowest BCUT2D eigenvalue weighted by atomic mass is 10.2. The van der Waals surface area contributed by atoms with Crippen LogP contribution in [0.15, 0.2) is 40.6 Å². The summed E-state index contributed by atoms with van der Waals surface area (Å²) in [6, 6.07) is 7.29. The average Bonchev–Trinajstić information content (AvgIpc) is 3.11. The molecular weight excluding hydrogens is 417 g/mol. The number of anilines is 1. The SMILES string of the molecule is O=C(Cc1ccc(S(=O)(=O)N2CCOCC2)s1)Nc1cccc(C(F)(F)F)c1. The van der Waals surface area contributed by atoms with Crippen molar-refractivity contribution in [3.8, 4) is 0 Å². The van der Waals surface area contributed by atoms with Crippen molar-refractivity contribution in [3.05, 3.63) is 46.8 Å². The van der Waals surface area contributed by atoms with Crippen LogP contribution < -0.4 is 5.32 Å². The number of nitrogens with zero attached hydrogens (tertiary/aromatic N) is 1. The van der Waals surface area contributed by atoms with E-state index in [4.69, 9.17) is 4.74 Å². The first-order valence-electron chi connectivity index (χ1n) is 8.30. The van der Waals surface area contributed by atoms with E-state index in [1.807, 2.05) is 0 Å². The molecule has 0 spiro atoms. The number of sulfonamides is 1. The van der Waals surface area contributed by atoms with E-state index in [0.29, 0.717) is 18.1 Å². The first-order valence-corrected chi connectivity index (χ1v) is 10.6. The molecule has 11 heteroatoms. The number of benzene rings is 1. The Bertz CT molecular complexity index is 951. The Morgan fingerprint density at radius 3 is 2.57 bits per heavy atom. The zero-order valence-corrected chi connectivity index (χ0v) is 16.2. The van der Waals surface area contributed by atoms with Crippen molar-refractivity contribution in [2.45, 2.75) is 16.8 Å². The van der Waals surface area contributed by atoms with E-state index in [9.17, 15) is 26.4 Å². The highest BCUT2D eigenvalue weighted by atomic mass is 32.2. The molecule has 1 amide bonds. The van der Waals surface area contributed by atoms with Gasteiger partial charge in [-0.3, -0.25) is 4.79 Å². The van der Waals surface area contributed by atoms with Crippen LogP contribution in [-0.4, -0.2) is 44.9 Å². The summed E-state index contributed by atoms with van der Waals surface area (Å²) in [5, 5.41) is 2.41. The Morgan fingerprint density at radius 1 is 1.18 bits per heavy atom. The number of rotatable bonds is 5. The number of hydrogen-bond donors (Lipinski definition) is 1. The molecule has 2 heterocycles. The fourth-order valence-electron chi connectivity index (χ4n) is 2.64. The third-order valence-electron chi connectivity index (χ3n) is 4.01. The molecule has 1 aromatic carbocycles. The first kappa shape index (κ1) is 20.8. The van der Waals surface area contributed by atoms with E-state index in [-0.39, 0.29) is 29.4 Å². The normalized spacial score (nSPS) is 16.1. The molecule has 1 aliphatic heterocycles. The maximum Gasteiger partial charge on any atom is 0.416 e. The second-order valence-electron chi connectivity index (χ2n) is 6.04. The van der Waals surface area contributed by atoms with Crippen LogP contribution in [-0.2, 0) is 32.2 Å². The molecule has 0 saturated carbocycles. The highest BCUT2D eigenvalue weighted by Crippen LogP contribution is 2.31. The van der Waals surface area contributed by atoms with Crippen molar-refractivity contribution in [1.29, 1.82) is 0 Å². The number of morpholine rings is 1. The van der Waals surface area contributed by atoms with Crippen LogP contribution in [0.25, 0.3) is 0 Å². The van der Waals surface area contributed by atoms with E-state index in [0.717, 1.165) is 23.5 Å². The van der Waals surface area contributed by atoms with Gasteiger partial charge < -0.3 is 10.1 Å². The van der Waals surface area contributed by atoms with Gasteiger partial charge in [0.05, 0.1) is 25.2 Å². The molecule has 0 bridgehead atoms. The summed E-state index contributed by atoms with van der Waals surface area (Å²) in [5.41, 5.74) is -0.835. The predicted octanol–water partition coefficient (Wildman–Crippen LogP) is 2.97. The van der Waals surface area contributed by atoms with E-state index >= 15 is 0 Å². The summed E-state index contributed by atoms with van der Waals surface area (Å²) >= 11 is 0.968. The average molecular weight is 434 g/mol. The molecular formula is C17H17F3N2O4S2. The summed E-state index contributed by atoms with van der Waals surface area (Å²) < 4.78 is 70.0. The number of thiophene rings is 1. The van der Waals surface area contributed by atoms with Gasteiger partial charge in [0.15, 0.2) is 0 Å². The number of hydrogen-bond acceptors (Lipinski definition) is 5. The quantitative estimate of drug-likeness (QED) is 0.785. The minimum Gasteiger partial charge on any atom is -0.379 e. The fraction of sp³-hybridized carbons (Fsp3) is 0.353. The third kappa shape index (κ3) is 4.90. The summed E-state index contributed by atoms with van der Waals surface area (Å²) in [4.78, 5) is 12.6. The fourth-order valence-corrected chi connectivity index (χ4v) is 5.56. The maximum absolute atomic E-state index is 12.7. The van der Waals surface area contributed by atoms with Crippen molar-refractivity contribution < 1.29 is 31.1 Å². The van der Waals surface area contributed by atoms with Crippen molar-refractivity contribution in [2.24, 2.45) is 0 Å². The Hall–Kier alpha value is -1.95. The van der Waals surface area contributed by atoms with Crippen molar-refractivity contribution >= 4 is 33.0 Å². The van der Waals surface area contributed by atoms with Crippen molar-refractivity contribution in [3.63, 3.8) is 0 Å². The zero-order valence-electron chi connectivity index (χ0n) is 14.5. The van der Waals surface area contributed by atoms with Gasteiger partial charge in [-0.2, -0.15) is 17.5 Å². The van der Waals surface area contributed by atoms with Crippen LogP contribution in [0, 0.1) is 0 Å². The molecule has 3 rings (SSSR count). The van der Waals surface area contributed by atoms with Gasteiger partial charge in [0.2, 0.25) is 5.91 Å². The van der Waals surface area contributed by atoms with Crippen LogP contribution in [0.3, 0.4) is 0 Å². The lowest BCUT2D eigenvalue weighted by Gasteiger charge is -2.25. The number of carbonyl (C=O) groups excluding carboxylic acids is 1. The summed E-state index contributed by atoms with van der Waals surface area (Å²) in [6.07, 6.45) is -4.64. The molecule has 6 nitrogen and oxygen atoms in total. The van der Waals surface area contributed by atoms with Gasteiger partial charge in [0.25, 0.3) is 10.0 Å². The third-order valence-corrected chi connectivity index (χ3v) is 7.46. The highest BCUT2D eigenvalue weighted by molar-refractivity contribution is 7.91. The van der Waals surface area contributed by atoms with Crippen LogP contribution in [0.4, 0.5) is 18.9 Å². The Balaban J connectivity index is 1.66. The number of carbonyl (C=O) groups is 1. The van der Waals surface area contributed by atoms with Gasteiger partial charge in [-0.05, 0) is 30.3 Å². The standard InChI is InChI=1S/C17H17F3N2O4S2/c18-17(19,20)12-2-1-3-13(10-12)21-15(23)11-14-4-5-16(27-14)28(24,25)22-6-8-26-9-7-22/h1-5,10H,6-9,11H2,(H,21,23). The van der Waals surface area contributed by atoms with Crippen LogP contribution >= 0.6 is 11.3 Å². The van der Waals surface area contributed by atoms with Gasteiger partial charge in [-0.1, -0.05) is 6.07 Å². The van der Waals surface area contributed by atoms with Gasteiger partial charge in [0.1, 0.15) is 4.21 Å². The second kappa shape index (κ2) is 8.19. The number of alkyl halides is 3. The van der Waals surface area contributed by atoms with Crippen molar-refractivity contribution in [2.75, 3.05) is 31.6 Å². The smallest absolute Gasteiger partial charge is 0.379 e. The summed E-state index contributed by atoms with van der Waals surface area (Å²) in [5.74, 6) is -0.531. The number of amides is 1. The zero-order chi connectivity index (χ0) is 20.4. The molecule has 1 saturated heterocycles. The van der Waals surface area contributed by atoms with E-state index in [2.05, 4.69) is 5.32 Å². The van der Waals surface area contributed by atoms with Gasteiger partial charge in [-0.15, -0.1) is 11.3 Å². The lowest BCUT2D eigenvalue weighted by Crippen LogP contribution is -2.40. The Morgan fingerprint density at radius 2 is 1.89 bits per heavy atom. The molecule has 1 N–H and O–H groups in total. The molecule has 0 atom stereocenters. The van der Waals surface area contributed by atoms with E-state index < -0.39 is 27.7 Å². The summed E-state index contributed by atoms with van der Waals surface area (Å²) in [6.45, 7) is 1.20. The molecule has 152 valence electrons. The molecule has 0 aliphatic carbocycles. The molecule has 0 unspecified atom stereocenters. The van der Waals surface area contributed by atoms with Crippen LogP contribution in [0.5, 0.6) is 0 Å². The lowest BCUT2D eigenvalue weighted by molar-refractivity contribution is -0.137. The minimum atomic E-state index is -4.50. The maximum atomic E-state index is 12.7. The highest BCUT2D eigenvalue weighted by Gasteiger charge is 2.30. The Labute approximate surface area is 164 Å². The van der Waals surface area contributed by atoms with Gasteiger partial charge in [0, 0.05) is 23.7 Å². The van der Waals surface area contributed by atoms with Gasteiger partial charge in [-0.25, -0.2) is 8.42 Å².